The Morgan fingerprint density at radius 3 is 2.58 bits per heavy atom. The highest BCUT2D eigenvalue weighted by molar-refractivity contribution is 9.10. The number of nitrogens with one attached hydrogen (secondary N) is 1. The molecule has 1 amide bonds. The van der Waals surface area contributed by atoms with E-state index in [9.17, 15) is 4.79 Å². The van der Waals surface area contributed by atoms with E-state index >= 15 is 0 Å². The Balaban J connectivity index is 2.25. The minimum absolute atomic E-state index is 0.0766. The third-order valence-electron chi connectivity index (χ3n) is 2.26. The molecular weight excluding hydrogens is 353 g/mol. The number of amides is 1. The molecule has 1 heterocycles. The Hall–Kier alpha value is -1.30. The van der Waals surface area contributed by atoms with Crippen LogP contribution in [0.3, 0.4) is 0 Å². The van der Waals surface area contributed by atoms with Crippen LogP contribution in [0.2, 0.25) is 10.0 Å². The fraction of sp³-hybridized carbons (Fsp3) is 0. The van der Waals surface area contributed by atoms with Crippen molar-refractivity contribution < 1.29 is 4.79 Å². The molecule has 1 aromatic carbocycles. The molecule has 3 N–H and O–H groups in total. The molecule has 1 aromatic heterocycles. The highest BCUT2D eigenvalue weighted by Gasteiger charge is 2.13. The predicted molar refractivity (Wildman–Crippen MR) is 80.8 cm³/mol. The number of nitrogen functional groups attached to an aromatic ring is 1. The molecule has 2 aromatic rings. The molecule has 0 bridgehead atoms. The third kappa shape index (κ3) is 3.37. The van der Waals surface area contributed by atoms with E-state index in [-0.39, 0.29) is 16.5 Å². The van der Waals surface area contributed by atoms with Gasteiger partial charge in [0.15, 0.2) is 0 Å². The lowest BCUT2D eigenvalue weighted by atomic mass is 10.3. The van der Waals surface area contributed by atoms with Crippen LogP contribution in [0.15, 0.2) is 34.8 Å². The van der Waals surface area contributed by atoms with E-state index in [1.54, 1.807) is 18.2 Å². The maximum atomic E-state index is 12.0. The van der Waals surface area contributed by atoms with Gasteiger partial charge < -0.3 is 11.1 Å². The summed E-state index contributed by atoms with van der Waals surface area (Å²) in [5.41, 5.74) is 6.18. The molecule has 4 nitrogen and oxygen atoms in total. The molecule has 0 fully saturated rings. The molecule has 0 aliphatic heterocycles. The second kappa shape index (κ2) is 5.77. The predicted octanol–water partition coefficient (Wildman–Crippen LogP) is 3.99. The van der Waals surface area contributed by atoms with Gasteiger partial charge in [0.1, 0.15) is 11.5 Å². The lowest BCUT2D eigenvalue weighted by Crippen LogP contribution is -2.15. The monoisotopic (exact) mass is 359 g/mol. The van der Waals surface area contributed by atoms with Gasteiger partial charge in [-0.05, 0) is 46.3 Å². The lowest BCUT2D eigenvalue weighted by molar-refractivity contribution is 0.102. The van der Waals surface area contributed by atoms with Gasteiger partial charge in [0.2, 0.25) is 0 Å². The lowest BCUT2D eigenvalue weighted by Gasteiger charge is -2.07. The van der Waals surface area contributed by atoms with Crippen molar-refractivity contribution in [3.05, 3.63) is 50.5 Å². The number of halogens is 3. The van der Waals surface area contributed by atoms with Crippen molar-refractivity contribution in [1.29, 1.82) is 0 Å². The number of nitrogens with two attached hydrogens (primary N) is 1. The first-order chi connectivity index (χ1) is 8.97. The van der Waals surface area contributed by atoms with Crippen LogP contribution in [0.5, 0.6) is 0 Å². The number of anilines is 2. The van der Waals surface area contributed by atoms with Crippen LogP contribution in [-0.2, 0) is 0 Å². The Labute approximate surface area is 128 Å². The van der Waals surface area contributed by atoms with Gasteiger partial charge in [0.25, 0.3) is 5.91 Å². The Morgan fingerprint density at radius 1 is 1.21 bits per heavy atom. The molecule has 0 aliphatic rings. The third-order valence-corrected chi connectivity index (χ3v) is 3.78. The molecule has 0 unspecified atom stereocenters. The summed E-state index contributed by atoms with van der Waals surface area (Å²) in [6.45, 7) is 0. The molecule has 0 aliphatic carbocycles. The highest BCUT2D eigenvalue weighted by Crippen LogP contribution is 2.26. The quantitative estimate of drug-likeness (QED) is 0.850. The van der Waals surface area contributed by atoms with Crippen LogP contribution in [-0.4, -0.2) is 10.9 Å². The van der Waals surface area contributed by atoms with E-state index in [0.717, 1.165) is 0 Å². The SMILES string of the molecule is Nc1ccc(Cl)c(C(=O)Nc2ccc(Cl)c(Br)c2)n1. The molecule has 0 saturated carbocycles. The van der Waals surface area contributed by atoms with Crippen molar-refractivity contribution >= 4 is 56.5 Å². The molecule has 0 saturated heterocycles. The maximum Gasteiger partial charge on any atom is 0.275 e. The smallest absolute Gasteiger partial charge is 0.275 e. The van der Waals surface area contributed by atoms with Crippen LogP contribution < -0.4 is 11.1 Å². The number of nitrogens with zero attached hydrogens (tertiary/aromatic N) is 1. The Kier molecular flexibility index (Phi) is 4.29. The second-order valence-electron chi connectivity index (χ2n) is 3.65. The minimum Gasteiger partial charge on any atom is -0.384 e. The molecule has 19 heavy (non-hydrogen) atoms. The van der Waals surface area contributed by atoms with Gasteiger partial charge in [-0.1, -0.05) is 23.2 Å². The van der Waals surface area contributed by atoms with Crippen LogP contribution in [0.1, 0.15) is 10.5 Å². The van der Waals surface area contributed by atoms with Crippen LogP contribution in [0.25, 0.3) is 0 Å². The van der Waals surface area contributed by atoms with E-state index in [4.69, 9.17) is 28.9 Å². The number of rotatable bonds is 2. The number of aromatic nitrogens is 1. The number of carbonyl (C=O) groups is 1. The second-order valence-corrected chi connectivity index (χ2v) is 5.32. The van der Waals surface area contributed by atoms with Gasteiger partial charge in [-0.25, -0.2) is 4.98 Å². The fourth-order valence-electron chi connectivity index (χ4n) is 1.38. The van der Waals surface area contributed by atoms with Gasteiger partial charge in [-0.3, -0.25) is 4.79 Å². The highest BCUT2D eigenvalue weighted by atomic mass is 79.9. The number of carbonyl (C=O) groups excluding carboxylic acids is 1. The average molecular weight is 361 g/mol. The van der Waals surface area contributed by atoms with Crippen molar-refractivity contribution in [2.75, 3.05) is 11.1 Å². The molecule has 98 valence electrons. The number of hydrogen-bond acceptors (Lipinski definition) is 3. The normalized spacial score (nSPS) is 10.3. The Bertz CT molecular complexity index is 649. The van der Waals surface area contributed by atoms with Gasteiger partial charge in [0.05, 0.1) is 10.0 Å². The van der Waals surface area contributed by atoms with Crippen molar-refractivity contribution in [2.24, 2.45) is 0 Å². The van der Waals surface area contributed by atoms with Crippen LogP contribution in [0.4, 0.5) is 11.5 Å². The molecule has 0 radical (unpaired) electrons. The van der Waals surface area contributed by atoms with E-state index < -0.39 is 5.91 Å². The van der Waals surface area contributed by atoms with E-state index in [0.29, 0.717) is 15.2 Å². The zero-order chi connectivity index (χ0) is 14.0. The first-order valence-electron chi connectivity index (χ1n) is 5.16. The van der Waals surface area contributed by atoms with Gasteiger partial charge in [-0.2, -0.15) is 0 Å². The van der Waals surface area contributed by atoms with Gasteiger partial charge in [0, 0.05) is 10.2 Å². The maximum absolute atomic E-state index is 12.0. The van der Waals surface area contributed by atoms with E-state index in [1.165, 1.54) is 12.1 Å². The summed E-state index contributed by atoms with van der Waals surface area (Å²) in [4.78, 5) is 15.9. The van der Waals surface area contributed by atoms with Gasteiger partial charge >= 0.3 is 0 Å². The molecular formula is C12H8BrCl2N3O. The van der Waals surface area contributed by atoms with E-state index in [1.807, 2.05) is 0 Å². The fourth-order valence-corrected chi connectivity index (χ4v) is 2.07. The summed E-state index contributed by atoms with van der Waals surface area (Å²) in [6, 6.07) is 8.07. The van der Waals surface area contributed by atoms with Gasteiger partial charge in [-0.15, -0.1) is 0 Å². The first kappa shape index (κ1) is 14.1. The summed E-state index contributed by atoms with van der Waals surface area (Å²) in [5.74, 6) is -0.210. The number of hydrogen-bond donors (Lipinski definition) is 2. The topological polar surface area (TPSA) is 68.0 Å². The number of benzene rings is 1. The average Bonchev–Trinajstić information content (AvgIpc) is 2.36. The minimum atomic E-state index is -0.438. The van der Waals surface area contributed by atoms with Crippen molar-refractivity contribution in [1.82, 2.24) is 4.98 Å². The molecule has 0 atom stereocenters. The van der Waals surface area contributed by atoms with E-state index in [2.05, 4.69) is 26.2 Å². The molecule has 2 rings (SSSR count). The summed E-state index contributed by atoms with van der Waals surface area (Å²) in [6.07, 6.45) is 0. The zero-order valence-corrected chi connectivity index (χ0v) is 12.6. The zero-order valence-electron chi connectivity index (χ0n) is 9.45. The largest absolute Gasteiger partial charge is 0.384 e. The summed E-state index contributed by atoms with van der Waals surface area (Å²) >= 11 is 15.0. The Morgan fingerprint density at radius 2 is 1.89 bits per heavy atom. The van der Waals surface area contributed by atoms with Crippen molar-refractivity contribution in [3.8, 4) is 0 Å². The summed E-state index contributed by atoms with van der Waals surface area (Å²) in [7, 11) is 0. The summed E-state index contributed by atoms with van der Waals surface area (Å²) in [5, 5.41) is 3.45. The standard InChI is InChI=1S/C12H8BrCl2N3O/c13-7-5-6(1-2-8(7)14)17-12(19)11-9(15)3-4-10(16)18-11/h1-5H,(H2,16,18)(H,17,19). The van der Waals surface area contributed by atoms with Crippen LogP contribution >= 0.6 is 39.1 Å². The van der Waals surface area contributed by atoms with Crippen molar-refractivity contribution in [2.45, 2.75) is 0 Å². The number of pyridine rings is 1. The first-order valence-corrected chi connectivity index (χ1v) is 6.70. The van der Waals surface area contributed by atoms with Crippen molar-refractivity contribution in [3.63, 3.8) is 0 Å². The molecule has 0 spiro atoms. The summed E-state index contributed by atoms with van der Waals surface area (Å²) < 4.78 is 0.679. The van der Waals surface area contributed by atoms with Crippen LogP contribution in [0, 0.1) is 0 Å². The molecule has 7 heteroatoms.